The number of amides is 6. The third-order valence-electron chi connectivity index (χ3n) is 15.2. The zero-order chi connectivity index (χ0) is 76.5. The third-order valence-corrected chi connectivity index (χ3v) is 15.7. The maximum absolute atomic E-state index is 12.0. The van der Waals surface area contributed by atoms with Crippen molar-refractivity contribution < 1.29 is 189 Å². The summed E-state index contributed by atoms with van der Waals surface area (Å²) >= 11 is 11.0. The minimum atomic E-state index is -0.165. The van der Waals surface area contributed by atoms with E-state index in [0.717, 1.165) is 88.5 Å². The molecular formula is C83H91Cl2N10O11V4W3-3. The molecule has 6 amide bonds. The number of aromatic nitrogens is 4. The minimum Gasteiger partial charge on any atom is -0.549 e. The number of benzene rings is 6. The number of anilines is 2. The van der Waals surface area contributed by atoms with Gasteiger partial charge in [0.25, 0.3) is 0 Å². The predicted molar refractivity (Wildman–Crippen MR) is 412 cm³/mol. The Hall–Kier alpha value is -6.24. The molecule has 0 bridgehead atoms. The molecule has 2 aliphatic heterocycles. The van der Waals surface area contributed by atoms with E-state index in [-0.39, 0.29) is 217 Å². The molecule has 0 saturated carbocycles. The van der Waals surface area contributed by atoms with Gasteiger partial charge < -0.3 is 81.6 Å². The smallest absolute Gasteiger partial charge is 0.549 e. The maximum Gasteiger partial charge on any atom is 2.00 e. The number of hydrogen-bond acceptors (Lipinski definition) is 15. The predicted octanol–water partition coefficient (Wildman–Crippen LogP) is 16.3. The van der Waals surface area contributed by atoms with Gasteiger partial charge in [-0.1, -0.05) is 75.1 Å². The first-order valence-corrected chi connectivity index (χ1v) is 34.9. The van der Waals surface area contributed by atoms with Gasteiger partial charge in [0.15, 0.2) is 0 Å². The topological polar surface area (TPSA) is 270 Å². The summed E-state index contributed by atoms with van der Waals surface area (Å²) < 4.78 is 26.3. The largest absolute Gasteiger partial charge is 2.00 e. The van der Waals surface area contributed by atoms with Crippen LogP contribution in [0.15, 0.2) is 140 Å². The average Bonchev–Trinajstić information content (AvgIpc) is 1.78. The number of urea groups is 2. The Morgan fingerprint density at radius 2 is 1.04 bits per heavy atom. The first kappa shape index (κ1) is 111. The molecule has 4 aromatic heterocycles. The zero-order valence-electron chi connectivity index (χ0n) is 65.3. The zero-order valence-corrected chi connectivity index (χ0v) is 81.2. The number of nitrogens with zero attached hydrogens (tertiary/aromatic N) is 6. The van der Waals surface area contributed by atoms with E-state index in [0.29, 0.717) is 74.3 Å². The molecule has 21 nitrogen and oxygen atoms in total. The first-order chi connectivity index (χ1) is 50.4. The molecule has 4 radical (unpaired) electrons. The number of hydrogen-bond donors (Lipinski definition) is 4. The fraction of sp³-hybridized carbons (Fsp3) is 0.301. The van der Waals surface area contributed by atoms with Crippen LogP contribution in [0.4, 0.5) is 21.0 Å². The Labute approximate surface area is 766 Å². The van der Waals surface area contributed by atoms with Crippen LogP contribution in [0.25, 0.3) is 44.5 Å². The molecule has 12 rings (SSSR count). The summed E-state index contributed by atoms with van der Waals surface area (Å²) in [6.45, 7) is 33.1. The number of ether oxygens (including phenoxy) is 1. The van der Waals surface area contributed by atoms with E-state index in [1.54, 1.807) is 108 Å². The molecule has 113 heavy (non-hydrogen) atoms. The fourth-order valence-corrected chi connectivity index (χ4v) is 10.3. The summed E-state index contributed by atoms with van der Waals surface area (Å²) in [7, 11) is 0. The fourth-order valence-electron chi connectivity index (χ4n) is 10.1. The van der Waals surface area contributed by atoms with Crippen LogP contribution in [0.5, 0.6) is 5.75 Å². The molecule has 0 atom stereocenters. The second-order valence-corrected chi connectivity index (χ2v) is 25.2. The summed E-state index contributed by atoms with van der Waals surface area (Å²) in [6, 6.07) is 53.4. The Kier molecular flexibility index (Phi) is 57.5. The van der Waals surface area contributed by atoms with Crippen LogP contribution in [0.1, 0.15) is 115 Å². The number of fused-ring (bicyclic) bond motifs is 2. The number of carbonyl (C=O) groups is 6. The molecule has 10 aromatic rings. The average molecular weight is 2230 g/mol. The summed E-state index contributed by atoms with van der Waals surface area (Å²) in [5, 5.41) is 28.5. The SMILES string of the molecule is CC(C)C(=O)Cc1nocc1-c1[c-]cc[c-]c1.CCNC(=O)Cc1onc(C)c1-c1c[c-]cc(OC(C)C)c1.C[CH-]C.Clc1cc[c-]cc1.Clc1cc[c-]cc1.[CH2-]CN1C(=O)NCc2cc(-c3c(CC(=O)NCC)noc3C)[c-]cc21.[CH2-]CN1C(=O)NCc2cc(-c3conc3CC(=O)C(C)C)[c-]cc21.[CH3-].[V+2].[V+2].[V+2].[V+2].[W].[W].[W]. The molecule has 0 aliphatic carbocycles. The number of Topliss-reactive ketones (excluding diaryl/α,β-unsaturated/α-hetero) is 2. The summed E-state index contributed by atoms with van der Waals surface area (Å²) in [4.78, 5) is 74.2. The summed E-state index contributed by atoms with van der Waals surface area (Å²) in [5.41, 5.74) is 12.6. The Bertz CT molecular complexity index is 4390. The second kappa shape index (κ2) is 58.6. The van der Waals surface area contributed by atoms with Crippen molar-refractivity contribution in [2.45, 2.75) is 128 Å². The van der Waals surface area contributed by atoms with Gasteiger partial charge in [-0.25, -0.2) is 9.59 Å². The first-order valence-electron chi connectivity index (χ1n) is 34.1. The molecule has 0 unspecified atom stereocenters. The molecule has 6 heterocycles. The number of aryl methyl sites for hydroxylation is 2. The molecular weight excluding hydrogens is 2140 g/mol. The van der Waals surface area contributed by atoms with Crippen LogP contribution in [-0.2, 0) is 195 Å². The quantitative estimate of drug-likeness (QED) is 0.0517. The van der Waals surface area contributed by atoms with E-state index in [1.165, 1.54) is 6.26 Å². The molecule has 0 fully saturated rings. The van der Waals surface area contributed by atoms with E-state index in [2.05, 4.69) is 98.2 Å². The Morgan fingerprint density at radius 1 is 0.575 bits per heavy atom. The molecule has 6 aromatic carbocycles. The van der Waals surface area contributed by atoms with Crippen LogP contribution in [-0.4, -0.2) is 88.4 Å². The van der Waals surface area contributed by atoms with Crippen LogP contribution in [0.3, 0.4) is 0 Å². The van der Waals surface area contributed by atoms with Gasteiger partial charge in [-0.15, -0.1) is 102 Å². The van der Waals surface area contributed by atoms with Gasteiger partial charge in [0.05, 0.1) is 48.6 Å². The van der Waals surface area contributed by atoms with E-state index >= 15 is 0 Å². The Morgan fingerprint density at radius 3 is 1.48 bits per heavy atom. The van der Waals surface area contributed by atoms with Gasteiger partial charge in [0.2, 0.25) is 11.8 Å². The number of carbonyl (C=O) groups excluding carboxylic acids is 6. The van der Waals surface area contributed by atoms with Gasteiger partial charge in [-0.05, 0) is 69.6 Å². The van der Waals surface area contributed by atoms with Crippen LogP contribution in [0, 0.1) is 95.8 Å². The van der Waals surface area contributed by atoms with Crippen molar-refractivity contribution in [3.05, 3.63) is 247 Å². The van der Waals surface area contributed by atoms with Gasteiger partial charge in [0, 0.05) is 125 Å². The summed E-state index contributed by atoms with van der Waals surface area (Å²) in [5.74, 6) is 1.94. The number of ketones is 2. The van der Waals surface area contributed by atoms with Crippen LogP contribution in [0.2, 0.25) is 10.0 Å². The van der Waals surface area contributed by atoms with Crippen LogP contribution < -0.4 is 35.8 Å². The third kappa shape index (κ3) is 35.2. The van der Waals surface area contributed by atoms with Gasteiger partial charge in [-0.3, -0.25) is 55.1 Å². The van der Waals surface area contributed by atoms with Gasteiger partial charge >= 0.3 is 86.3 Å². The summed E-state index contributed by atoms with van der Waals surface area (Å²) in [6.07, 6.45) is 6.00. The molecule has 2 aliphatic rings. The van der Waals surface area contributed by atoms with E-state index in [4.69, 9.17) is 46.0 Å². The Balaban J connectivity index is -0.00000131. The monoisotopic (exact) mass is 2230 g/mol. The number of halogens is 2. The second-order valence-electron chi connectivity index (χ2n) is 24.3. The standard InChI is InChI=1S/C18H20N4O3.C18H19N3O3.C17H21N2O3.C14H13NO2.2C6H4Cl.C3H7.CH3.4V.3W/c1-4-19-16(23)9-14-17(11(3)25-21-14)12-6-7-15-13(8-12)10-20-18(24)22(15)5-2;1-4-21-16-6-5-12(7-13(16)9-19-18(21)23)14-10-24-20-15(14)8-17(22)11(2)3;1-5-18-16(20)10-15-17(12(4)19-22-15)13-7-6-8-14(9-13)21-11(2)3;1-10(2)14(16)8-13-12(9-17-15-13)11-6-4-3-5-7-11;2*7-6-4-2-1-3-5-6;1-3-2;;;;;;;;/h7-8H,2,4-5,9-10H2,1,3H3,(H,19,23)(H,20,24);6-7,10-11H,1,4,8-9H2,2-3H3,(H,19,23);7-9,11H,5,10H2,1-4H3,(H,18,20);3-4,7,9-10H,8H2,1-2H3;2*2-5H;3H,1-2H3;1H3;;;;;;;/q2*-2;-1;-2;4*-1;4*+2;;;. The molecule has 0 saturated heterocycles. The maximum atomic E-state index is 12.0. The molecule has 0 spiro atoms. The van der Waals surface area contributed by atoms with E-state index in [1.807, 2.05) is 107 Å². The van der Waals surface area contributed by atoms with Crippen molar-refractivity contribution in [1.29, 1.82) is 0 Å². The van der Waals surface area contributed by atoms with Crippen molar-refractivity contribution in [3.8, 4) is 50.3 Å². The van der Waals surface area contributed by atoms with E-state index in [9.17, 15) is 28.8 Å². The molecule has 4 N–H and O–H groups in total. The van der Waals surface area contributed by atoms with Crippen molar-refractivity contribution in [2.24, 2.45) is 11.8 Å². The number of rotatable bonds is 20. The van der Waals surface area contributed by atoms with Gasteiger partial charge in [0.1, 0.15) is 23.1 Å². The van der Waals surface area contributed by atoms with Crippen molar-refractivity contribution >= 4 is 70.0 Å². The van der Waals surface area contributed by atoms with Crippen molar-refractivity contribution in [3.63, 3.8) is 0 Å². The minimum absolute atomic E-state index is 0. The number of likely N-dealkylation sites (N-methyl/N-ethyl adjacent to an activating group) is 2. The molecule has 30 heteroatoms. The van der Waals surface area contributed by atoms with Crippen molar-refractivity contribution in [2.75, 3.05) is 36.0 Å². The van der Waals surface area contributed by atoms with Crippen molar-refractivity contribution in [1.82, 2.24) is 41.9 Å². The van der Waals surface area contributed by atoms with E-state index < -0.39 is 0 Å². The normalized spacial score (nSPS) is 10.9. The van der Waals surface area contributed by atoms with Gasteiger partial charge in [-0.2, -0.15) is 86.6 Å². The molecule has 594 valence electrons. The number of nitrogens with one attached hydrogen (secondary N) is 4. The van der Waals surface area contributed by atoms with Crippen LogP contribution >= 0.6 is 23.2 Å².